The van der Waals surface area contributed by atoms with Crippen LogP contribution in [0.5, 0.6) is 11.5 Å². The highest BCUT2D eigenvalue weighted by Gasteiger charge is 2.31. The molecule has 1 unspecified atom stereocenters. The van der Waals surface area contributed by atoms with Crippen molar-refractivity contribution < 1.29 is 37.7 Å². The number of hydrogen-bond acceptors (Lipinski definition) is 11. The van der Waals surface area contributed by atoms with Gasteiger partial charge in [-0.1, -0.05) is 12.1 Å². The summed E-state index contributed by atoms with van der Waals surface area (Å²) in [6, 6.07) is 9.01. The van der Waals surface area contributed by atoms with Gasteiger partial charge >= 0.3 is 11.9 Å². The molecule has 1 aromatic heterocycles. The molecule has 1 amide bonds. The van der Waals surface area contributed by atoms with E-state index in [4.69, 9.17) is 18.9 Å². The number of para-hydroxylation sites is 2. The molecule has 3 rings (SSSR count). The van der Waals surface area contributed by atoms with Crippen LogP contribution in [0.25, 0.3) is 11.0 Å². The summed E-state index contributed by atoms with van der Waals surface area (Å²) < 4.78 is 36.7. The van der Waals surface area contributed by atoms with Crippen molar-refractivity contribution in [2.75, 3.05) is 38.9 Å². The normalized spacial score (nSPS) is 11.2. The molecule has 0 saturated heterocycles. The van der Waals surface area contributed by atoms with Gasteiger partial charge in [-0.3, -0.25) is 14.6 Å². The molecule has 0 spiro atoms. The summed E-state index contributed by atoms with van der Waals surface area (Å²) in [5.41, 5.74) is 0.625. The molecule has 3 aromatic rings. The SMILES string of the molecule is CCOC(=O)CCC(NC(=O)c1c(OC)cc(N(CC#N)c2cnc3ccccc3n2)c(F)c1OC)C(=O)OCC. The van der Waals surface area contributed by atoms with Crippen molar-refractivity contribution >= 4 is 40.4 Å². The van der Waals surface area contributed by atoms with Crippen LogP contribution in [0.3, 0.4) is 0 Å². The van der Waals surface area contributed by atoms with Crippen LogP contribution in [-0.4, -0.2) is 67.8 Å². The largest absolute Gasteiger partial charge is 0.496 e. The number of carbonyl (C=O) groups excluding carboxylic acids is 3. The first kappa shape index (κ1) is 30.6. The lowest BCUT2D eigenvalue weighted by Gasteiger charge is -2.25. The molecule has 12 nitrogen and oxygen atoms in total. The van der Waals surface area contributed by atoms with Gasteiger partial charge in [-0.2, -0.15) is 5.26 Å². The van der Waals surface area contributed by atoms with Gasteiger partial charge in [0.2, 0.25) is 0 Å². The van der Waals surface area contributed by atoms with E-state index in [1.54, 1.807) is 38.1 Å². The molecule has 13 heteroatoms. The van der Waals surface area contributed by atoms with Crippen LogP contribution in [0.15, 0.2) is 36.5 Å². The quantitative estimate of drug-likeness (QED) is 0.239. The summed E-state index contributed by atoms with van der Waals surface area (Å²) in [6.45, 7) is 3.11. The molecule has 41 heavy (non-hydrogen) atoms. The number of fused-ring (bicyclic) bond motifs is 1. The zero-order valence-electron chi connectivity index (χ0n) is 23.1. The lowest BCUT2D eigenvalue weighted by atomic mass is 10.1. The van der Waals surface area contributed by atoms with E-state index in [1.807, 2.05) is 6.07 Å². The maximum Gasteiger partial charge on any atom is 0.328 e. The van der Waals surface area contributed by atoms with Crippen LogP contribution >= 0.6 is 0 Å². The zero-order chi connectivity index (χ0) is 29.9. The first-order valence-electron chi connectivity index (χ1n) is 12.7. The molecule has 2 aromatic carbocycles. The Morgan fingerprint density at radius 2 is 1.80 bits per heavy atom. The van der Waals surface area contributed by atoms with Gasteiger partial charge in [-0.25, -0.2) is 14.2 Å². The monoisotopic (exact) mass is 567 g/mol. The Morgan fingerprint density at radius 3 is 2.44 bits per heavy atom. The Bertz CT molecular complexity index is 1460. The van der Waals surface area contributed by atoms with Gasteiger partial charge in [0.1, 0.15) is 23.9 Å². The highest BCUT2D eigenvalue weighted by atomic mass is 19.1. The average molecular weight is 568 g/mol. The van der Waals surface area contributed by atoms with Crippen molar-refractivity contribution in [3.8, 4) is 17.6 Å². The number of nitrogens with zero attached hydrogens (tertiary/aromatic N) is 4. The summed E-state index contributed by atoms with van der Waals surface area (Å²) in [6.07, 6.45) is 1.10. The van der Waals surface area contributed by atoms with Crippen LogP contribution in [0.4, 0.5) is 15.9 Å². The molecule has 0 radical (unpaired) electrons. The lowest BCUT2D eigenvalue weighted by Crippen LogP contribution is -2.42. The number of rotatable bonds is 13. The van der Waals surface area contributed by atoms with Gasteiger partial charge in [0.25, 0.3) is 5.91 Å². The van der Waals surface area contributed by atoms with Gasteiger partial charge in [0.05, 0.1) is 56.4 Å². The molecule has 216 valence electrons. The Labute approximate surface area is 236 Å². The summed E-state index contributed by atoms with van der Waals surface area (Å²) in [5, 5.41) is 12.0. The maximum atomic E-state index is 16.0. The summed E-state index contributed by atoms with van der Waals surface area (Å²) >= 11 is 0. The molecule has 0 aliphatic carbocycles. The third-order valence-electron chi connectivity index (χ3n) is 5.87. The summed E-state index contributed by atoms with van der Waals surface area (Å²) in [7, 11) is 2.42. The molecule has 1 heterocycles. The van der Waals surface area contributed by atoms with Crippen molar-refractivity contribution in [3.05, 3.63) is 47.9 Å². The van der Waals surface area contributed by atoms with Gasteiger partial charge in [-0.05, 0) is 32.4 Å². The van der Waals surface area contributed by atoms with Crippen LogP contribution in [0, 0.1) is 17.1 Å². The number of nitriles is 1. The molecule has 0 fully saturated rings. The fourth-order valence-corrected chi connectivity index (χ4v) is 4.02. The second-order valence-corrected chi connectivity index (χ2v) is 8.40. The van der Waals surface area contributed by atoms with Crippen LogP contribution in [0.2, 0.25) is 0 Å². The highest BCUT2D eigenvalue weighted by molar-refractivity contribution is 6.02. The summed E-state index contributed by atoms with van der Waals surface area (Å²) in [4.78, 5) is 47.9. The average Bonchev–Trinajstić information content (AvgIpc) is 2.97. The number of halogens is 1. The number of esters is 2. The van der Waals surface area contributed by atoms with Crippen LogP contribution in [0.1, 0.15) is 37.0 Å². The number of methoxy groups -OCH3 is 2. The van der Waals surface area contributed by atoms with Crippen molar-refractivity contribution in [2.45, 2.75) is 32.7 Å². The van der Waals surface area contributed by atoms with Crippen LogP contribution in [-0.2, 0) is 19.1 Å². The molecular formula is C28H30FN5O7. The zero-order valence-corrected chi connectivity index (χ0v) is 23.1. The van der Waals surface area contributed by atoms with E-state index in [1.165, 1.54) is 24.3 Å². The van der Waals surface area contributed by atoms with Gasteiger partial charge in [0, 0.05) is 12.5 Å². The standard InChI is InChI=1S/C28H30FN5O7/c1-5-40-23(35)12-11-19(28(37)41-6-2)33-27(36)24-21(38-3)15-20(25(29)26(24)39-4)34(14-13-30)22-16-31-17-9-7-8-10-18(17)32-22/h7-10,15-16,19H,5-6,11-12,14H2,1-4H3,(H,33,36). The number of anilines is 2. The lowest BCUT2D eigenvalue weighted by molar-refractivity contribution is -0.146. The Kier molecular flexibility index (Phi) is 10.7. The number of benzene rings is 2. The van der Waals surface area contributed by atoms with E-state index in [0.717, 1.165) is 7.11 Å². The predicted octanol–water partition coefficient (Wildman–Crippen LogP) is 3.45. The fraction of sp³-hybridized carbons (Fsp3) is 0.357. The number of carbonyl (C=O) groups is 3. The maximum absolute atomic E-state index is 16.0. The number of amides is 1. The molecule has 1 atom stereocenters. The molecule has 0 saturated carbocycles. The number of ether oxygens (including phenoxy) is 4. The Hall–Kier alpha value is -4.99. The van der Waals surface area contributed by atoms with E-state index < -0.39 is 35.5 Å². The van der Waals surface area contributed by atoms with E-state index in [9.17, 15) is 19.6 Å². The predicted molar refractivity (Wildman–Crippen MR) is 145 cm³/mol. The van der Waals surface area contributed by atoms with E-state index in [-0.39, 0.29) is 55.4 Å². The topological polar surface area (TPSA) is 153 Å². The smallest absolute Gasteiger partial charge is 0.328 e. The number of aromatic nitrogens is 2. The molecular weight excluding hydrogens is 537 g/mol. The second-order valence-electron chi connectivity index (χ2n) is 8.40. The molecule has 0 bridgehead atoms. The van der Waals surface area contributed by atoms with E-state index in [0.29, 0.717) is 11.0 Å². The van der Waals surface area contributed by atoms with Crippen molar-refractivity contribution in [3.63, 3.8) is 0 Å². The van der Waals surface area contributed by atoms with Crippen LogP contribution < -0.4 is 19.7 Å². The first-order valence-corrected chi connectivity index (χ1v) is 12.7. The first-order chi connectivity index (χ1) is 19.8. The van der Waals surface area contributed by atoms with Gasteiger partial charge in [0.15, 0.2) is 17.4 Å². The van der Waals surface area contributed by atoms with Crippen molar-refractivity contribution in [1.82, 2.24) is 15.3 Å². The summed E-state index contributed by atoms with van der Waals surface area (Å²) in [5.74, 6) is -3.67. The third kappa shape index (κ3) is 7.16. The third-order valence-corrected chi connectivity index (χ3v) is 5.87. The fourth-order valence-electron chi connectivity index (χ4n) is 4.02. The molecule has 0 aliphatic heterocycles. The number of nitrogens with one attached hydrogen (secondary N) is 1. The van der Waals surface area contributed by atoms with E-state index >= 15 is 4.39 Å². The Morgan fingerprint density at radius 1 is 1.10 bits per heavy atom. The van der Waals surface area contributed by atoms with Crippen molar-refractivity contribution in [2.24, 2.45) is 0 Å². The molecule has 0 aliphatic rings. The molecule has 1 N–H and O–H groups in total. The van der Waals surface area contributed by atoms with Gasteiger partial charge in [-0.15, -0.1) is 0 Å². The van der Waals surface area contributed by atoms with E-state index in [2.05, 4.69) is 15.3 Å². The minimum absolute atomic E-state index is 0.0347. The second kappa shape index (κ2) is 14.4. The van der Waals surface area contributed by atoms with Gasteiger partial charge < -0.3 is 29.2 Å². The van der Waals surface area contributed by atoms with Crippen molar-refractivity contribution in [1.29, 1.82) is 5.26 Å². The minimum Gasteiger partial charge on any atom is -0.496 e. The minimum atomic E-state index is -1.24. The highest BCUT2D eigenvalue weighted by Crippen LogP contribution is 2.40. The number of hydrogen-bond donors (Lipinski definition) is 1. The Balaban J connectivity index is 2.04.